The van der Waals surface area contributed by atoms with Gasteiger partial charge in [-0.1, -0.05) is 52.0 Å². The topological polar surface area (TPSA) is 50.2 Å². The SMILES string of the molecule is CCc1ccc(-c2nc(C(C)(C)C)c(CC(=O)O)s2)cc1. The molecule has 0 spiro atoms. The Morgan fingerprint density at radius 3 is 2.33 bits per heavy atom. The van der Waals surface area contributed by atoms with Gasteiger partial charge in [0.2, 0.25) is 0 Å². The molecule has 0 saturated carbocycles. The Labute approximate surface area is 129 Å². The number of aliphatic carboxylic acids is 1. The second kappa shape index (κ2) is 5.98. The molecule has 0 atom stereocenters. The minimum absolute atomic E-state index is 0.0390. The van der Waals surface area contributed by atoms with Crippen molar-refractivity contribution >= 4 is 17.3 Å². The van der Waals surface area contributed by atoms with E-state index in [4.69, 9.17) is 10.1 Å². The van der Waals surface area contributed by atoms with E-state index < -0.39 is 5.97 Å². The quantitative estimate of drug-likeness (QED) is 0.916. The maximum absolute atomic E-state index is 11.1. The number of nitrogens with zero attached hydrogens (tertiary/aromatic N) is 1. The van der Waals surface area contributed by atoms with Crippen molar-refractivity contribution in [3.63, 3.8) is 0 Å². The van der Waals surface area contributed by atoms with Crippen LogP contribution in [0.3, 0.4) is 0 Å². The summed E-state index contributed by atoms with van der Waals surface area (Å²) in [7, 11) is 0. The van der Waals surface area contributed by atoms with Crippen LogP contribution in [0.2, 0.25) is 0 Å². The van der Waals surface area contributed by atoms with Gasteiger partial charge in [-0.15, -0.1) is 11.3 Å². The molecule has 21 heavy (non-hydrogen) atoms. The van der Waals surface area contributed by atoms with E-state index in [0.717, 1.165) is 27.6 Å². The first-order chi connectivity index (χ1) is 9.81. The lowest BCUT2D eigenvalue weighted by Gasteiger charge is -2.16. The number of rotatable bonds is 4. The van der Waals surface area contributed by atoms with Crippen LogP contribution in [0.5, 0.6) is 0 Å². The molecule has 112 valence electrons. The van der Waals surface area contributed by atoms with Crippen molar-refractivity contribution in [1.82, 2.24) is 4.98 Å². The van der Waals surface area contributed by atoms with Gasteiger partial charge in [0.05, 0.1) is 12.1 Å². The third-order valence-corrected chi connectivity index (χ3v) is 4.43. The zero-order valence-electron chi connectivity index (χ0n) is 12.9. The molecule has 4 heteroatoms. The number of hydrogen-bond donors (Lipinski definition) is 1. The Balaban J connectivity index is 2.44. The van der Waals surface area contributed by atoms with E-state index in [2.05, 4.69) is 52.0 Å². The molecule has 0 bridgehead atoms. The molecule has 1 aromatic heterocycles. The van der Waals surface area contributed by atoms with Crippen LogP contribution in [0.25, 0.3) is 10.6 Å². The molecule has 0 radical (unpaired) electrons. The van der Waals surface area contributed by atoms with Gasteiger partial charge in [-0.25, -0.2) is 4.98 Å². The third-order valence-electron chi connectivity index (χ3n) is 3.33. The highest BCUT2D eigenvalue weighted by atomic mass is 32.1. The Bertz CT molecular complexity index is 636. The van der Waals surface area contributed by atoms with Crippen LogP contribution in [-0.2, 0) is 23.1 Å². The van der Waals surface area contributed by atoms with Crippen LogP contribution in [0.15, 0.2) is 24.3 Å². The van der Waals surface area contributed by atoms with Crippen molar-refractivity contribution in [2.24, 2.45) is 0 Å². The monoisotopic (exact) mass is 303 g/mol. The van der Waals surface area contributed by atoms with Crippen molar-refractivity contribution in [2.75, 3.05) is 0 Å². The van der Waals surface area contributed by atoms with Crippen molar-refractivity contribution in [1.29, 1.82) is 0 Å². The molecule has 2 rings (SSSR count). The summed E-state index contributed by atoms with van der Waals surface area (Å²) in [5, 5.41) is 9.99. The molecule has 0 aliphatic rings. The Morgan fingerprint density at radius 1 is 1.24 bits per heavy atom. The van der Waals surface area contributed by atoms with E-state index in [0.29, 0.717) is 0 Å². The molecule has 0 aliphatic heterocycles. The molecule has 0 unspecified atom stereocenters. The predicted molar refractivity (Wildman–Crippen MR) is 87.0 cm³/mol. The number of carbonyl (C=O) groups is 1. The summed E-state index contributed by atoms with van der Waals surface area (Å²) in [6.07, 6.45) is 1.05. The lowest BCUT2D eigenvalue weighted by molar-refractivity contribution is -0.136. The number of aryl methyl sites for hydroxylation is 1. The normalized spacial score (nSPS) is 11.6. The number of thiazole rings is 1. The summed E-state index contributed by atoms with van der Waals surface area (Å²) in [4.78, 5) is 16.6. The minimum Gasteiger partial charge on any atom is -0.481 e. The Hall–Kier alpha value is -1.68. The van der Waals surface area contributed by atoms with Crippen LogP contribution >= 0.6 is 11.3 Å². The fourth-order valence-electron chi connectivity index (χ4n) is 2.20. The summed E-state index contributed by atoms with van der Waals surface area (Å²) in [6.45, 7) is 8.33. The van der Waals surface area contributed by atoms with Gasteiger partial charge in [-0.3, -0.25) is 4.79 Å². The fourth-order valence-corrected chi connectivity index (χ4v) is 3.47. The van der Waals surface area contributed by atoms with Gasteiger partial charge in [0.1, 0.15) is 5.01 Å². The molecule has 1 N–H and O–H groups in total. The van der Waals surface area contributed by atoms with Crippen LogP contribution in [0, 0.1) is 0 Å². The second-order valence-electron chi connectivity index (χ2n) is 6.16. The molecule has 0 amide bonds. The van der Waals surface area contributed by atoms with Crippen molar-refractivity contribution in [3.8, 4) is 10.6 Å². The molecule has 0 saturated heterocycles. The van der Waals surface area contributed by atoms with Crippen molar-refractivity contribution in [3.05, 3.63) is 40.4 Å². The molecular weight excluding hydrogens is 282 g/mol. The van der Waals surface area contributed by atoms with Crippen LogP contribution in [0.4, 0.5) is 0 Å². The highest BCUT2D eigenvalue weighted by molar-refractivity contribution is 7.15. The van der Waals surface area contributed by atoms with Gasteiger partial charge in [-0.2, -0.15) is 0 Å². The van der Waals surface area contributed by atoms with E-state index in [9.17, 15) is 4.79 Å². The lowest BCUT2D eigenvalue weighted by atomic mass is 9.91. The predicted octanol–water partition coefficient (Wildman–Crippen LogP) is 4.30. The summed E-state index contributed by atoms with van der Waals surface area (Å²) in [5.41, 5.74) is 3.09. The smallest absolute Gasteiger partial charge is 0.308 e. The number of benzene rings is 1. The van der Waals surface area contributed by atoms with Gasteiger partial charge in [0, 0.05) is 15.9 Å². The van der Waals surface area contributed by atoms with Crippen LogP contribution < -0.4 is 0 Å². The maximum atomic E-state index is 11.1. The Kier molecular flexibility index (Phi) is 4.47. The highest BCUT2D eigenvalue weighted by Gasteiger charge is 2.24. The number of hydrogen-bond acceptors (Lipinski definition) is 3. The summed E-state index contributed by atoms with van der Waals surface area (Å²) >= 11 is 1.49. The number of carboxylic acid groups (broad SMARTS) is 1. The first-order valence-electron chi connectivity index (χ1n) is 7.12. The largest absolute Gasteiger partial charge is 0.481 e. The molecule has 3 nitrogen and oxygen atoms in total. The first-order valence-corrected chi connectivity index (χ1v) is 7.94. The summed E-state index contributed by atoms with van der Waals surface area (Å²) in [6, 6.07) is 8.33. The zero-order chi connectivity index (χ0) is 15.6. The third kappa shape index (κ3) is 3.70. The molecule has 1 heterocycles. The second-order valence-corrected chi connectivity index (χ2v) is 7.25. The van der Waals surface area contributed by atoms with E-state index in [1.165, 1.54) is 16.9 Å². The van der Waals surface area contributed by atoms with Crippen LogP contribution in [-0.4, -0.2) is 16.1 Å². The molecule has 2 aromatic rings. The molecule has 1 aromatic carbocycles. The Morgan fingerprint density at radius 2 is 1.86 bits per heavy atom. The van der Waals surface area contributed by atoms with E-state index in [1.807, 2.05) is 0 Å². The van der Waals surface area contributed by atoms with Crippen molar-refractivity contribution in [2.45, 2.75) is 46.0 Å². The number of aromatic nitrogens is 1. The first kappa shape index (κ1) is 15.7. The average Bonchev–Trinajstić information content (AvgIpc) is 2.82. The van der Waals surface area contributed by atoms with Gasteiger partial charge in [-0.05, 0) is 12.0 Å². The van der Waals surface area contributed by atoms with Gasteiger partial charge < -0.3 is 5.11 Å². The minimum atomic E-state index is -0.808. The highest BCUT2D eigenvalue weighted by Crippen LogP contribution is 2.34. The lowest BCUT2D eigenvalue weighted by Crippen LogP contribution is -2.15. The van der Waals surface area contributed by atoms with E-state index >= 15 is 0 Å². The van der Waals surface area contributed by atoms with Crippen molar-refractivity contribution < 1.29 is 9.90 Å². The zero-order valence-corrected chi connectivity index (χ0v) is 13.8. The van der Waals surface area contributed by atoms with E-state index in [-0.39, 0.29) is 11.8 Å². The molecule has 0 fully saturated rings. The summed E-state index contributed by atoms with van der Waals surface area (Å²) < 4.78 is 0. The fraction of sp³-hybridized carbons (Fsp3) is 0.412. The van der Waals surface area contributed by atoms with Gasteiger partial charge in [0.15, 0.2) is 0 Å². The van der Waals surface area contributed by atoms with Gasteiger partial charge >= 0.3 is 5.97 Å². The van der Waals surface area contributed by atoms with Crippen LogP contribution in [0.1, 0.15) is 43.8 Å². The molecular formula is C17H21NO2S. The average molecular weight is 303 g/mol. The maximum Gasteiger partial charge on any atom is 0.308 e. The van der Waals surface area contributed by atoms with Gasteiger partial charge in [0.25, 0.3) is 0 Å². The van der Waals surface area contributed by atoms with E-state index in [1.54, 1.807) is 0 Å². The standard InChI is InChI=1S/C17H21NO2S/c1-5-11-6-8-12(9-7-11)16-18-15(17(2,3)4)13(21-16)10-14(19)20/h6-9H,5,10H2,1-4H3,(H,19,20). The summed E-state index contributed by atoms with van der Waals surface area (Å²) in [5.74, 6) is -0.808. The molecule has 0 aliphatic carbocycles. The number of carboxylic acids is 1.